The Balaban J connectivity index is 1.91. The second-order valence-electron chi connectivity index (χ2n) is 4.69. The van der Waals surface area contributed by atoms with E-state index in [4.69, 9.17) is 4.74 Å². The number of nitrogens with zero attached hydrogens (tertiary/aromatic N) is 1. The number of carbonyl (C=O) groups excluding carboxylic acids is 1. The van der Waals surface area contributed by atoms with Crippen molar-refractivity contribution in [3.63, 3.8) is 0 Å². The van der Waals surface area contributed by atoms with E-state index in [0.29, 0.717) is 6.61 Å². The molecule has 3 heteroatoms. The average molecular weight is 277 g/mol. The number of allylic oxidation sites excluding steroid dienone is 1. The number of rotatable bonds is 4. The first-order valence-corrected chi connectivity index (χ1v) is 6.73. The van der Waals surface area contributed by atoms with Crippen LogP contribution in [0.5, 0.6) is 5.75 Å². The van der Waals surface area contributed by atoms with E-state index in [-0.39, 0.29) is 5.91 Å². The molecule has 0 fully saturated rings. The van der Waals surface area contributed by atoms with Gasteiger partial charge in [-0.1, -0.05) is 43.0 Å². The Labute approximate surface area is 123 Å². The Morgan fingerprint density at radius 1 is 1.10 bits per heavy atom. The number of aromatic nitrogens is 1. The molecule has 0 spiro atoms. The molecule has 3 rings (SSSR count). The summed E-state index contributed by atoms with van der Waals surface area (Å²) >= 11 is 0. The van der Waals surface area contributed by atoms with E-state index in [2.05, 4.69) is 6.58 Å². The molecule has 1 aromatic heterocycles. The van der Waals surface area contributed by atoms with Crippen molar-refractivity contribution in [3.05, 3.63) is 79.0 Å². The van der Waals surface area contributed by atoms with E-state index in [1.807, 2.05) is 54.6 Å². The Kier molecular flexibility index (Phi) is 3.56. The maximum atomic E-state index is 11.8. The molecule has 0 atom stereocenters. The highest BCUT2D eigenvalue weighted by Crippen LogP contribution is 2.27. The first-order valence-electron chi connectivity index (χ1n) is 6.73. The third-order valence-electron chi connectivity index (χ3n) is 3.34. The fourth-order valence-electron chi connectivity index (χ4n) is 2.29. The van der Waals surface area contributed by atoms with E-state index in [1.165, 1.54) is 6.08 Å². The zero-order chi connectivity index (χ0) is 14.7. The molecule has 0 N–H and O–H groups in total. The van der Waals surface area contributed by atoms with Crippen LogP contribution in [0.1, 0.15) is 10.4 Å². The lowest BCUT2D eigenvalue weighted by Gasteiger charge is -2.08. The number of hydrogen-bond donors (Lipinski definition) is 0. The lowest BCUT2D eigenvalue weighted by molar-refractivity contribution is 0.0974. The van der Waals surface area contributed by atoms with Crippen LogP contribution in [0.25, 0.3) is 10.9 Å². The maximum absolute atomic E-state index is 11.8. The quantitative estimate of drug-likeness (QED) is 0.674. The van der Waals surface area contributed by atoms with Gasteiger partial charge < -0.3 is 4.74 Å². The minimum absolute atomic E-state index is 0.148. The Morgan fingerprint density at radius 2 is 1.90 bits per heavy atom. The molecule has 0 radical (unpaired) electrons. The SMILES string of the molecule is C=CC(=O)n1ccc2c(OCc3ccccc3)cccc21. The lowest BCUT2D eigenvalue weighted by Crippen LogP contribution is -2.04. The molecule has 104 valence electrons. The van der Waals surface area contributed by atoms with Crippen molar-refractivity contribution < 1.29 is 9.53 Å². The van der Waals surface area contributed by atoms with Crippen molar-refractivity contribution >= 4 is 16.8 Å². The third kappa shape index (κ3) is 2.58. The van der Waals surface area contributed by atoms with Crippen LogP contribution in [0.3, 0.4) is 0 Å². The van der Waals surface area contributed by atoms with Crippen molar-refractivity contribution in [1.29, 1.82) is 0 Å². The van der Waals surface area contributed by atoms with Gasteiger partial charge in [0.1, 0.15) is 12.4 Å². The summed E-state index contributed by atoms with van der Waals surface area (Å²) in [4.78, 5) is 11.8. The van der Waals surface area contributed by atoms with Crippen LogP contribution >= 0.6 is 0 Å². The molecular weight excluding hydrogens is 262 g/mol. The van der Waals surface area contributed by atoms with Crippen LogP contribution in [0.4, 0.5) is 0 Å². The molecule has 0 amide bonds. The van der Waals surface area contributed by atoms with Crippen LogP contribution in [-0.2, 0) is 6.61 Å². The van der Waals surface area contributed by atoms with Gasteiger partial charge in [0.05, 0.1) is 5.52 Å². The molecule has 3 nitrogen and oxygen atoms in total. The zero-order valence-corrected chi connectivity index (χ0v) is 11.5. The molecule has 2 aromatic carbocycles. The predicted octanol–water partition coefficient (Wildman–Crippen LogP) is 4.05. The van der Waals surface area contributed by atoms with Gasteiger partial charge in [0.25, 0.3) is 5.91 Å². The molecule has 0 saturated carbocycles. The van der Waals surface area contributed by atoms with Crippen molar-refractivity contribution in [3.8, 4) is 5.75 Å². The standard InChI is InChI=1S/C18H15NO2/c1-2-18(20)19-12-11-15-16(19)9-6-10-17(15)21-13-14-7-4-3-5-8-14/h2-12H,1,13H2. The molecule has 0 aliphatic carbocycles. The second kappa shape index (κ2) is 5.67. The summed E-state index contributed by atoms with van der Waals surface area (Å²) in [5.74, 6) is 0.622. The minimum atomic E-state index is -0.148. The molecule has 0 unspecified atom stereocenters. The summed E-state index contributed by atoms with van der Waals surface area (Å²) < 4.78 is 7.45. The van der Waals surface area contributed by atoms with Gasteiger partial charge in [0, 0.05) is 11.6 Å². The molecule has 0 aliphatic heterocycles. The number of hydrogen-bond acceptors (Lipinski definition) is 2. The van der Waals surface area contributed by atoms with Gasteiger partial charge in [-0.05, 0) is 29.8 Å². The molecule has 1 heterocycles. The second-order valence-corrected chi connectivity index (χ2v) is 4.69. The smallest absolute Gasteiger partial charge is 0.254 e. The van der Waals surface area contributed by atoms with Crippen LogP contribution in [0.2, 0.25) is 0 Å². The van der Waals surface area contributed by atoms with Crippen LogP contribution in [0.15, 0.2) is 73.4 Å². The number of benzene rings is 2. The monoisotopic (exact) mass is 277 g/mol. The van der Waals surface area contributed by atoms with Gasteiger partial charge in [-0.25, -0.2) is 0 Å². The topological polar surface area (TPSA) is 31.2 Å². The van der Waals surface area contributed by atoms with Gasteiger partial charge in [-0.15, -0.1) is 0 Å². The fourth-order valence-corrected chi connectivity index (χ4v) is 2.29. The first kappa shape index (κ1) is 13.2. The normalized spacial score (nSPS) is 10.5. The fraction of sp³-hybridized carbons (Fsp3) is 0.0556. The van der Waals surface area contributed by atoms with Crippen LogP contribution in [0, 0.1) is 0 Å². The lowest BCUT2D eigenvalue weighted by atomic mass is 10.2. The number of carbonyl (C=O) groups is 1. The van der Waals surface area contributed by atoms with E-state index in [9.17, 15) is 4.79 Å². The van der Waals surface area contributed by atoms with Crippen LogP contribution in [-0.4, -0.2) is 10.5 Å². The summed E-state index contributed by atoms with van der Waals surface area (Å²) in [5, 5.41) is 0.920. The molecule has 0 saturated heterocycles. The van der Waals surface area contributed by atoms with Crippen LogP contribution < -0.4 is 4.74 Å². The first-order chi connectivity index (χ1) is 10.3. The van der Waals surface area contributed by atoms with Crippen molar-refractivity contribution in [2.45, 2.75) is 6.61 Å². The number of fused-ring (bicyclic) bond motifs is 1. The van der Waals surface area contributed by atoms with Gasteiger partial charge in [0.15, 0.2) is 0 Å². The molecule has 3 aromatic rings. The Hall–Kier alpha value is -2.81. The summed E-state index contributed by atoms with van der Waals surface area (Å²) in [6.07, 6.45) is 3.04. The average Bonchev–Trinajstić information content (AvgIpc) is 2.97. The number of ether oxygens (including phenoxy) is 1. The summed E-state index contributed by atoms with van der Waals surface area (Å²) in [6, 6.07) is 17.6. The third-order valence-corrected chi connectivity index (χ3v) is 3.34. The van der Waals surface area contributed by atoms with Crippen molar-refractivity contribution in [1.82, 2.24) is 4.57 Å². The summed E-state index contributed by atoms with van der Waals surface area (Å²) in [6.45, 7) is 4.02. The highest BCUT2D eigenvalue weighted by molar-refractivity contribution is 5.99. The Morgan fingerprint density at radius 3 is 2.67 bits per heavy atom. The van der Waals surface area contributed by atoms with E-state index in [0.717, 1.165) is 22.2 Å². The van der Waals surface area contributed by atoms with Gasteiger partial charge in [0.2, 0.25) is 0 Å². The zero-order valence-electron chi connectivity index (χ0n) is 11.5. The van der Waals surface area contributed by atoms with Gasteiger partial charge in [-0.3, -0.25) is 9.36 Å². The highest BCUT2D eigenvalue weighted by Gasteiger charge is 2.09. The van der Waals surface area contributed by atoms with Gasteiger partial charge in [-0.2, -0.15) is 0 Å². The van der Waals surface area contributed by atoms with E-state index >= 15 is 0 Å². The molecule has 0 aliphatic rings. The molecule has 21 heavy (non-hydrogen) atoms. The van der Waals surface area contributed by atoms with E-state index < -0.39 is 0 Å². The highest BCUT2D eigenvalue weighted by atomic mass is 16.5. The summed E-state index contributed by atoms with van der Waals surface area (Å²) in [7, 11) is 0. The summed E-state index contributed by atoms with van der Waals surface area (Å²) in [5.41, 5.74) is 1.93. The maximum Gasteiger partial charge on any atom is 0.254 e. The van der Waals surface area contributed by atoms with E-state index in [1.54, 1.807) is 10.8 Å². The predicted molar refractivity (Wildman–Crippen MR) is 83.5 cm³/mol. The molecule has 0 bridgehead atoms. The largest absolute Gasteiger partial charge is 0.488 e. The van der Waals surface area contributed by atoms with Crippen molar-refractivity contribution in [2.75, 3.05) is 0 Å². The molecular formula is C18H15NO2. The minimum Gasteiger partial charge on any atom is -0.488 e. The van der Waals surface area contributed by atoms with Crippen molar-refractivity contribution in [2.24, 2.45) is 0 Å². The Bertz CT molecular complexity index is 787. The van der Waals surface area contributed by atoms with Gasteiger partial charge >= 0.3 is 0 Å².